The van der Waals surface area contributed by atoms with Crippen LogP contribution in [0.3, 0.4) is 0 Å². The first-order valence-corrected chi connectivity index (χ1v) is 11.5. The number of hydrogen-bond acceptors (Lipinski definition) is 4. The lowest BCUT2D eigenvalue weighted by atomic mass is 10.1. The third-order valence-corrected chi connectivity index (χ3v) is 7.55. The van der Waals surface area contributed by atoms with E-state index in [9.17, 15) is 13.2 Å². The Hall–Kier alpha value is -2.35. The largest absolute Gasteiger partial charge is 0.325 e. The number of thioether (sulfide) groups is 1. The van der Waals surface area contributed by atoms with Gasteiger partial charge in [-0.1, -0.05) is 36.4 Å². The highest BCUT2D eigenvalue weighted by atomic mass is 32.2. The zero-order chi connectivity index (χ0) is 21.2. The molecular weight excluding hydrogens is 404 g/mol. The number of rotatable bonds is 6. The zero-order valence-electron chi connectivity index (χ0n) is 16.8. The molecule has 3 aromatic rings. The molecule has 7 heteroatoms. The van der Waals surface area contributed by atoms with Gasteiger partial charge in [-0.25, -0.2) is 12.7 Å². The fourth-order valence-corrected chi connectivity index (χ4v) is 4.68. The van der Waals surface area contributed by atoms with Crippen LogP contribution in [0.5, 0.6) is 0 Å². The topological polar surface area (TPSA) is 66.5 Å². The molecule has 0 saturated heterocycles. The minimum absolute atomic E-state index is 0.151. The van der Waals surface area contributed by atoms with E-state index >= 15 is 0 Å². The van der Waals surface area contributed by atoms with Crippen molar-refractivity contribution in [2.45, 2.75) is 28.9 Å². The van der Waals surface area contributed by atoms with Crippen LogP contribution in [0.2, 0.25) is 0 Å². The van der Waals surface area contributed by atoms with Gasteiger partial charge >= 0.3 is 0 Å². The minimum atomic E-state index is -3.56. The van der Waals surface area contributed by atoms with Crippen LogP contribution >= 0.6 is 11.8 Å². The summed E-state index contributed by atoms with van der Waals surface area (Å²) >= 11 is 1.47. The summed E-state index contributed by atoms with van der Waals surface area (Å²) in [6, 6.07) is 19.0. The van der Waals surface area contributed by atoms with E-state index in [1.54, 1.807) is 12.1 Å². The molecule has 3 aromatic carbocycles. The van der Waals surface area contributed by atoms with Gasteiger partial charge in [0.15, 0.2) is 0 Å². The number of fused-ring (bicyclic) bond motifs is 1. The number of hydrogen-bond donors (Lipinski definition) is 1. The van der Waals surface area contributed by atoms with E-state index in [0.29, 0.717) is 5.69 Å². The second kappa shape index (κ2) is 8.57. The summed E-state index contributed by atoms with van der Waals surface area (Å²) < 4.78 is 25.9. The van der Waals surface area contributed by atoms with Gasteiger partial charge in [-0.2, -0.15) is 0 Å². The van der Waals surface area contributed by atoms with Crippen molar-refractivity contribution >= 4 is 44.2 Å². The maximum absolute atomic E-state index is 12.7. The fraction of sp³-hybridized carbons (Fsp3) is 0.227. The number of aryl methyl sites for hydroxylation is 1. The molecule has 3 rings (SSSR count). The Morgan fingerprint density at radius 1 is 1.00 bits per heavy atom. The lowest BCUT2D eigenvalue weighted by Gasteiger charge is -2.16. The fourth-order valence-electron chi connectivity index (χ4n) is 2.84. The molecule has 1 N–H and O–H groups in total. The smallest absolute Gasteiger partial charge is 0.242 e. The Balaban J connectivity index is 1.76. The van der Waals surface area contributed by atoms with Crippen molar-refractivity contribution in [2.75, 3.05) is 19.4 Å². The lowest BCUT2D eigenvalue weighted by molar-refractivity contribution is -0.115. The molecule has 0 saturated carbocycles. The average molecular weight is 429 g/mol. The van der Waals surface area contributed by atoms with E-state index in [2.05, 4.69) is 17.4 Å². The van der Waals surface area contributed by atoms with Crippen molar-refractivity contribution in [2.24, 2.45) is 0 Å². The molecule has 0 aliphatic heterocycles. The van der Waals surface area contributed by atoms with Crippen LogP contribution in [0.25, 0.3) is 10.8 Å². The average Bonchev–Trinajstić information content (AvgIpc) is 2.69. The number of anilines is 1. The van der Waals surface area contributed by atoms with Crippen molar-refractivity contribution < 1.29 is 13.2 Å². The lowest BCUT2D eigenvalue weighted by Crippen LogP contribution is -2.24. The molecule has 1 amide bonds. The van der Waals surface area contributed by atoms with Gasteiger partial charge in [-0.3, -0.25) is 4.79 Å². The molecule has 0 aliphatic rings. The summed E-state index contributed by atoms with van der Waals surface area (Å²) in [4.78, 5) is 13.9. The molecule has 29 heavy (non-hydrogen) atoms. The van der Waals surface area contributed by atoms with Crippen molar-refractivity contribution in [1.29, 1.82) is 0 Å². The van der Waals surface area contributed by atoms with Crippen LogP contribution < -0.4 is 5.32 Å². The maximum atomic E-state index is 12.7. The minimum Gasteiger partial charge on any atom is -0.325 e. The summed E-state index contributed by atoms with van der Waals surface area (Å²) in [6.45, 7) is 3.67. The van der Waals surface area contributed by atoms with Crippen LogP contribution in [-0.4, -0.2) is 38.0 Å². The van der Waals surface area contributed by atoms with E-state index in [1.165, 1.54) is 31.9 Å². The van der Waals surface area contributed by atoms with Crippen LogP contribution in [0.4, 0.5) is 5.69 Å². The summed E-state index contributed by atoms with van der Waals surface area (Å²) in [5.41, 5.74) is 1.31. The van der Waals surface area contributed by atoms with Gasteiger partial charge < -0.3 is 5.32 Å². The molecule has 0 radical (unpaired) electrons. The maximum Gasteiger partial charge on any atom is 0.242 e. The Morgan fingerprint density at radius 3 is 2.38 bits per heavy atom. The summed E-state index contributed by atoms with van der Waals surface area (Å²) in [7, 11) is -0.601. The van der Waals surface area contributed by atoms with Gasteiger partial charge in [0.25, 0.3) is 0 Å². The molecule has 0 heterocycles. The normalized spacial score (nSPS) is 12.9. The van der Waals surface area contributed by atoms with E-state index < -0.39 is 10.0 Å². The first-order chi connectivity index (χ1) is 13.7. The van der Waals surface area contributed by atoms with Gasteiger partial charge in [0.1, 0.15) is 0 Å². The molecule has 0 unspecified atom stereocenters. The summed E-state index contributed by atoms with van der Waals surface area (Å²) in [5.74, 6) is -0.175. The molecule has 0 fully saturated rings. The molecule has 0 aliphatic carbocycles. The van der Waals surface area contributed by atoms with E-state index in [-0.39, 0.29) is 16.1 Å². The predicted molar refractivity (Wildman–Crippen MR) is 120 cm³/mol. The molecule has 1 atom stereocenters. The summed E-state index contributed by atoms with van der Waals surface area (Å²) in [5, 5.41) is 4.82. The van der Waals surface area contributed by atoms with Crippen LogP contribution in [0.1, 0.15) is 12.5 Å². The molecule has 0 aromatic heterocycles. The Bertz CT molecular complexity index is 1160. The number of benzene rings is 3. The number of carbonyl (C=O) groups is 1. The molecule has 0 bridgehead atoms. The Morgan fingerprint density at radius 2 is 1.69 bits per heavy atom. The van der Waals surface area contributed by atoms with Gasteiger partial charge in [-0.15, -0.1) is 11.8 Å². The van der Waals surface area contributed by atoms with Crippen LogP contribution in [0.15, 0.2) is 70.5 Å². The zero-order valence-corrected chi connectivity index (χ0v) is 18.5. The molecule has 5 nitrogen and oxygen atoms in total. The Kier molecular flexibility index (Phi) is 6.31. The predicted octanol–water partition coefficient (Wildman–Crippen LogP) is 4.52. The highest BCUT2D eigenvalue weighted by molar-refractivity contribution is 8.00. The van der Waals surface area contributed by atoms with Gasteiger partial charge in [-0.05, 0) is 54.4 Å². The quantitative estimate of drug-likeness (QED) is 0.586. The second-order valence-electron chi connectivity index (χ2n) is 7.02. The third-order valence-electron chi connectivity index (χ3n) is 4.65. The number of nitrogens with zero attached hydrogens (tertiary/aromatic N) is 1. The Labute approximate surface area is 176 Å². The standard InChI is InChI=1S/C22H24N2O3S2/c1-15-9-12-20(29(26,27)24(3)4)14-21(15)23-22(25)16(2)28-19-11-10-17-7-5-6-8-18(17)13-19/h5-14,16H,1-4H3,(H,23,25)/t16-/m1/s1. The SMILES string of the molecule is Cc1ccc(S(=O)(=O)N(C)C)cc1NC(=O)[C@@H](C)Sc1ccc2ccccc2c1. The van der Waals surface area contributed by atoms with E-state index in [0.717, 1.165) is 25.5 Å². The molecular formula is C22H24N2O3S2. The number of nitrogens with one attached hydrogen (secondary N) is 1. The van der Waals surface area contributed by atoms with Crippen molar-refractivity contribution in [3.05, 3.63) is 66.2 Å². The first-order valence-electron chi connectivity index (χ1n) is 9.18. The number of sulfonamides is 1. The highest BCUT2D eigenvalue weighted by Gasteiger charge is 2.20. The monoisotopic (exact) mass is 428 g/mol. The van der Waals surface area contributed by atoms with Crippen LogP contribution in [0, 0.1) is 6.92 Å². The van der Waals surface area contributed by atoms with Crippen molar-refractivity contribution in [1.82, 2.24) is 4.31 Å². The van der Waals surface area contributed by atoms with Crippen molar-refractivity contribution in [3.8, 4) is 0 Å². The van der Waals surface area contributed by atoms with Crippen LogP contribution in [-0.2, 0) is 14.8 Å². The van der Waals surface area contributed by atoms with Crippen molar-refractivity contribution in [3.63, 3.8) is 0 Å². The third kappa shape index (κ3) is 4.80. The first kappa shape index (κ1) is 21.4. The molecule has 152 valence electrons. The van der Waals surface area contributed by atoms with Gasteiger partial charge in [0, 0.05) is 24.7 Å². The second-order valence-corrected chi connectivity index (χ2v) is 10.6. The van der Waals surface area contributed by atoms with E-state index in [1.807, 2.05) is 44.2 Å². The molecule has 0 spiro atoms. The van der Waals surface area contributed by atoms with Gasteiger partial charge in [0.05, 0.1) is 10.1 Å². The summed E-state index contributed by atoms with van der Waals surface area (Å²) in [6.07, 6.45) is 0. The number of amides is 1. The van der Waals surface area contributed by atoms with E-state index in [4.69, 9.17) is 0 Å². The van der Waals surface area contributed by atoms with Gasteiger partial charge in [0.2, 0.25) is 15.9 Å². The highest BCUT2D eigenvalue weighted by Crippen LogP contribution is 2.28. The number of carbonyl (C=O) groups excluding carboxylic acids is 1.